The van der Waals surface area contributed by atoms with E-state index in [-0.39, 0.29) is 30.1 Å². The summed E-state index contributed by atoms with van der Waals surface area (Å²) in [4.78, 5) is 26.0. The molecule has 1 N–H and O–H groups in total. The maximum Gasteiger partial charge on any atom is 0.338 e. The number of methoxy groups -OCH3 is 1. The largest absolute Gasteiger partial charge is 0.458 e. The summed E-state index contributed by atoms with van der Waals surface area (Å²) in [5.74, 6) is -2.24. The summed E-state index contributed by atoms with van der Waals surface area (Å²) < 4.78 is 50.7. The molecule has 9 nitrogen and oxygen atoms in total. The molecular formula is C36H40O9S. The molecule has 4 rings (SSSR count). The number of esters is 2. The third kappa shape index (κ3) is 9.01. The average Bonchev–Trinajstić information content (AvgIpc) is 3.37. The lowest BCUT2D eigenvalue weighted by molar-refractivity contribution is -0.0560. The van der Waals surface area contributed by atoms with Crippen molar-refractivity contribution in [3.05, 3.63) is 126 Å². The van der Waals surface area contributed by atoms with Gasteiger partial charge in [0, 0.05) is 25.9 Å². The fraction of sp³-hybridized carbons (Fsp3) is 0.333. The maximum atomic E-state index is 13.5. The van der Waals surface area contributed by atoms with Crippen molar-refractivity contribution in [2.24, 2.45) is 5.92 Å². The highest BCUT2D eigenvalue weighted by molar-refractivity contribution is 7.91. The van der Waals surface area contributed by atoms with Gasteiger partial charge in [0.25, 0.3) is 0 Å². The van der Waals surface area contributed by atoms with E-state index in [0.717, 1.165) is 0 Å². The van der Waals surface area contributed by atoms with E-state index in [4.69, 9.17) is 18.9 Å². The van der Waals surface area contributed by atoms with Crippen LogP contribution in [0.3, 0.4) is 0 Å². The lowest BCUT2D eigenvalue weighted by Crippen LogP contribution is -2.38. The molecule has 46 heavy (non-hydrogen) atoms. The molecule has 2 unspecified atom stereocenters. The van der Waals surface area contributed by atoms with Gasteiger partial charge in [-0.1, -0.05) is 73.3 Å². The Bertz CT molecular complexity index is 1590. The van der Waals surface area contributed by atoms with Crippen LogP contribution in [0, 0.1) is 5.92 Å². The van der Waals surface area contributed by atoms with Crippen LogP contribution < -0.4 is 0 Å². The first kappa shape index (κ1) is 34.8. The van der Waals surface area contributed by atoms with Crippen molar-refractivity contribution in [2.75, 3.05) is 19.5 Å². The standard InChI is InChI=1S/C36H40O9S/c1-24(2)25(3)31(37)21-32-30(23-46(40,41)29-18-12-7-13-19-29)34(42-4)33(45-32)20-28(44-36(39)27-16-10-6-11-17-27)22-43-35(38)26-14-8-5-9-15-26/h5-19,28,30-34,37H,1,3,20-23H2,2,4H3/t28-,30-,31+,32?,33?,34+/m0/s1. The highest BCUT2D eigenvalue weighted by atomic mass is 32.2. The minimum absolute atomic E-state index is 0.0229. The van der Waals surface area contributed by atoms with Gasteiger partial charge in [-0.3, -0.25) is 0 Å². The van der Waals surface area contributed by atoms with Crippen LogP contribution in [0.1, 0.15) is 40.5 Å². The third-order valence-electron chi connectivity index (χ3n) is 8.00. The van der Waals surface area contributed by atoms with E-state index in [1.165, 1.54) is 19.2 Å². The number of sulfone groups is 1. The van der Waals surface area contributed by atoms with Crippen molar-refractivity contribution in [3.63, 3.8) is 0 Å². The van der Waals surface area contributed by atoms with Crippen molar-refractivity contribution < 1.29 is 42.1 Å². The van der Waals surface area contributed by atoms with Gasteiger partial charge in [0.15, 0.2) is 9.84 Å². The Balaban J connectivity index is 1.60. The van der Waals surface area contributed by atoms with E-state index < -0.39 is 58.2 Å². The lowest BCUT2D eigenvalue weighted by atomic mass is 9.90. The van der Waals surface area contributed by atoms with Gasteiger partial charge in [-0.05, 0) is 48.9 Å². The van der Waals surface area contributed by atoms with Crippen molar-refractivity contribution >= 4 is 21.8 Å². The monoisotopic (exact) mass is 648 g/mol. The van der Waals surface area contributed by atoms with Crippen LogP contribution in [0.15, 0.2) is 120 Å². The predicted molar refractivity (Wildman–Crippen MR) is 173 cm³/mol. The fourth-order valence-electron chi connectivity index (χ4n) is 5.49. The van der Waals surface area contributed by atoms with Crippen molar-refractivity contribution in [1.82, 2.24) is 0 Å². The molecule has 0 bridgehead atoms. The Morgan fingerprint density at radius 1 is 0.848 bits per heavy atom. The van der Waals surface area contributed by atoms with Gasteiger partial charge >= 0.3 is 11.9 Å². The number of rotatable bonds is 15. The smallest absolute Gasteiger partial charge is 0.338 e. The van der Waals surface area contributed by atoms with Crippen molar-refractivity contribution in [1.29, 1.82) is 0 Å². The Kier molecular flexibility index (Phi) is 12.1. The molecule has 0 aromatic heterocycles. The molecule has 1 saturated heterocycles. The number of benzene rings is 3. The first-order valence-corrected chi connectivity index (χ1v) is 16.6. The zero-order valence-corrected chi connectivity index (χ0v) is 26.8. The number of aliphatic hydroxyl groups is 1. The Hall–Kier alpha value is -4.09. The molecule has 0 amide bonds. The normalized spacial score (nSPS) is 20.8. The van der Waals surface area contributed by atoms with E-state index in [0.29, 0.717) is 22.3 Å². The van der Waals surface area contributed by atoms with Gasteiger partial charge in [-0.15, -0.1) is 0 Å². The lowest BCUT2D eigenvalue weighted by Gasteiger charge is -2.26. The number of ether oxygens (including phenoxy) is 4. The van der Waals surface area contributed by atoms with Crippen molar-refractivity contribution in [3.8, 4) is 0 Å². The highest BCUT2D eigenvalue weighted by Gasteiger charge is 2.48. The third-order valence-corrected chi connectivity index (χ3v) is 9.81. The van der Waals surface area contributed by atoms with Crippen LogP contribution in [0.5, 0.6) is 0 Å². The summed E-state index contributed by atoms with van der Waals surface area (Å²) in [7, 11) is -2.33. The zero-order valence-electron chi connectivity index (χ0n) is 26.0. The molecule has 1 aliphatic heterocycles. The molecule has 0 spiro atoms. The summed E-state index contributed by atoms with van der Waals surface area (Å²) in [6.07, 6.45) is -4.26. The van der Waals surface area contributed by atoms with Gasteiger partial charge in [-0.25, -0.2) is 18.0 Å². The molecule has 244 valence electrons. The summed E-state index contributed by atoms with van der Waals surface area (Å²) in [5.41, 5.74) is 1.64. The average molecular weight is 649 g/mol. The summed E-state index contributed by atoms with van der Waals surface area (Å²) in [6.45, 7) is 9.21. The molecular weight excluding hydrogens is 608 g/mol. The quantitative estimate of drug-likeness (QED) is 0.175. The summed E-state index contributed by atoms with van der Waals surface area (Å²) >= 11 is 0. The second kappa shape index (κ2) is 16.0. The van der Waals surface area contributed by atoms with Crippen LogP contribution in [-0.4, -0.2) is 75.5 Å². The van der Waals surface area contributed by atoms with E-state index in [9.17, 15) is 23.1 Å². The predicted octanol–water partition coefficient (Wildman–Crippen LogP) is 5.21. The second-order valence-electron chi connectivity index (χ2n) is 11.3. The van der Waals surface area contributed by atoms with Crippen molar-refractivity contribution in [2.45, 2.75) is 55.2 Å². The molecule has 0 saturated carbocycles. The minimum atomic E-state index is -3.79. The Morgan fingerprint density at radius 3 is 1.93 bits per heavy atom. The maximum absolute atomic E-state index is 13.5. The highest BCUT2D eigenvalue weighted by Crippen LogP contribution is 2.37. The van der Waals surface area contributed by atoms with Crippen LogP contribution in [0.2, 0.25) is 0 Å². The van der Waals surface area contributed by atoms with Gasteiger partial charge in [0.05, 0.1) is 46.2 Å². The SMILES string of the molecule is C=C(C)C(=C)[C@H](O)CC1OC(C[C@@H](COC(=O)c2ccccc2)OC(=O)c2ccccc2)[C@H](OC)[C@H]1CS(=O)(=O)c1ccccc1. The van der Waals surface area contributed by atoms with Crippen LogP contribution in [0.25, 0.3) is 0 Å². The minimum Gasteiger partial charge on any atom is -0.458 e. The number of hydrogen-bond acceptors (Lipinski definition) is 9. The number of carbonyl (C=O) groups excluding carboxylic acids is 2. The number of aliphatic hydroxyl groups excluding tert-OH is 1. The second-order valence-corrected chi connectivity index (χ2v) is 13.4. The zero-order chi connectivity index (χ0) is 33.3. The van der Waals surface area contributed by atoms with Gasteiger partial charge in [0.2, 0.25) is 0 Å². The van der Waals surface area contributed by atoms with E-state index in [1.54, 1.807) is 85.8 Å². The first-order chi connectivity index (χ1) is 22.0. The number of carbonyl (C=O) groups is 2. The molecule has 1 fully saturated rings. The van der Waals surface area contributed by atoms with Crippen LogP contribution in [0.4, 0.5) is 0 Å². The number of hydrogen-bond donors (Lipinski definition) is 1. The molecule has 3 aromatic carbocycles. The Morgan fingerprint density at radius 2 is 1.39 bits per heavy atom. The van der Waals surface area contributed by atoms with E-state index in [1.807, 2.05) is 0 Å². The fourth-order valence-corrected chi connectivity index (χ4v) is 7.17. The van der Waals surface area contributed by atoms with Gasteiger partial charge in [0.1, 0.15) is 12.7 Å². The van der Waals surface area contributed by atoms with Gasteiger partial charge < -0.3 is 24.1 Å². The first-order valence-electron chi connectivity index (χ1n) is 15.0. The molecule has 1 aliphatic rings. The van der Waals surface area contributed by atoms with E-state index in [2.05, 4.69) is 13.2 Å². The molecule has 10 heteroatoms. The van der Waals surface area contributed by atoms with Gasteiger partial charge in [-0.2, -0.15) is 0 Å². The molecule has 0 aliphatic carbocycles. The molecule has 6 atom stereocenters. The molecule has 3 aromatic rings. The Labute approximate surface area is 270 Å². The molecule has 0 radical (unpaired) electrons. The topological polar surface area (TPSA) is 125 Å². The van der Waals surface area contributed by atoms with E-state index >= 15 is 0 Å². The van der Waals surface area contributed by atoms with Crippen LogP contribution in [-0.2, 0) is 28.8 Å². The molecule has 1 heterocycles. The van der Waals surface area contributed by atoms with Crippen LogP contribution >= 0.6 is 0 Å². The summed E-state index contributed by atoms with van der Waals surface area (Å²) in [6, 6.07) is 24.9. The summed E-state index contributed by atoms with van der Waals surface area (Å²) in [5, 5.41) is 10.9.